The molecule has 1 aromatic carbocycles. The number of fused-ring (bicyclic) bond motifs is 1. The van der Waals surface area contributed by atoms with Gasteiger partial charge in [-0.25, -0.2) is 0 Å². The lowest BCUT2D eigenvalue weighted by Gasteiger charge is -2.24. The van der Waals surface area contributed by atoms with Gasteiger partial charge in [-0.05, 0) is 34.7 Å². The summed E-state index contributed by atoms with van der Waals surface area (Å²) in [6.45, 7) is 0.662. The summed E-state index contributed by atoms with van der Waals surface area (Å²) in [5.74, 6) is 1.08. The fraction of sp³-hybridized carbons (Fsp3) is 0.333. The number of phenols is 1. The molecule has 70 valence electrons. The van der Waals surface area contributed by atoms with Crippen molar-refractivity contribution in [1.82, 2.24) is 0 Å². The average molecular weight is 291 g/mol. The van der Waals surface area contributed by atoms with Crippen LogP contribution in [0.3, 0.4) is 0 Å². The Balaban J connectivity index is 2.58. The number of benzene rings is 1. The summed E-state index contributed by atoms with van der Waals surface area (Å²) in [6, 6.07) is 3.40. The third-order valence-corrected chi connectivity index (χ3v) is 3.31. The first-order chi connectivity index (χ1) is 6.20. The molecule has 1 aliphatic rings. The summed E-state index contributed by atoms with van der Waals surface area (Å²) in [4.78, 5) is 0. The van der Waals surface area contributed by atoms with Crippen LogP contribution in [0.25, 0.3) is 0 Å². The highest BCUT2D eigenvalue weighted by Gasteiger charge is 2.22. The molecule has 0 spiro atoms. The Morgan fingerprint density at radius 3 is 3.08 bits per heavy atom. The van der Waals surface area contributed by atoms with Crippen molar-refractivity contribution in [3.8, 4) is 11.5 Å². The Bertz CT molecular complexity index is 341. The van der Waals surface area contributed by atoms with Crippen molar-refractivity contribution >= 4 is 22.6 Å². The van der Waals surface area contributed by atoms with Crippen LogP contribution in [0.15, 0.2) is 12.1 Å². The maximum absolute atomic E-state index is 9.47. The number of ether oxygens (including phenoxy) is 1. The Labute approximate surface area is 90.0 Å². The molecular formula is C9H10INO2. The quantitative estimate of drug-likeness (QED) is 0.716. The van der Waals surface area contributed by atoms with Crippen LogP contribution >= 0.6 is 22.6 Å². The van der Waals surface area contributed by atoms with E-state index < -0.39 is 0 Å². The highest BCUT2D eigenvalue weighted by Crippen LogP contribution is 2.38. The Hall–Kier alpha value is -0.490. The first-order valence-electron chi connectivity index (χ1n) is 4.10. The fourth-order valence-corrected chi connectivity index (χ4v) is 2.32. The van der Waals surface area contributed by atoms with Crippen LogP contribution in [0.2, 0.25) is 0 Å². The zero-order valence-corrected chi connectivity index (χ0v) is 9.11. The molecule has 0 unspecified atom stereocenters. The second-order valence-corrected chi connectivity index (χ2v) is 4.13. The highest BCUT2D eigenvalue weighted by molar-refractivity contribution is 14.1. The third-order valence-electron chi connectivity index (χ3n) is 2.18. The van der Waals surface area contributed by atoms with Crippen LogP contribution in [0.5, 0.6) is 11.5 Å². The maximum Gasteiger partial charge on any atom is 0.129 e. The summed E-state index contributed by atoms with van der Waals surface area (Å²) >= 11 is 2.09. The highest BCUT2D eigenvalue weighted by atomic mass is 127. The molecule has 0 radical (unpaired) electrons. The zero-order valence-electron chi connectivity index (χ0n) is 6.96. The van der Waals surface area contributed by atoms with E-state index in [4.69, 9.17) is 10.5 Å². The predicted molar refractivity (Wildman–Crippen MR) is 57.9 cm³/mol. The van der Waals surface area contributed by atoms with Gasteiger partial charge in [0, 0.05) is 18.0 Å². The molecule has 0 bridgehead atoms. The van der Waals surface area contributed by atoms with E-state index in [0.29, 0.717) is 6.61 Å². The van der Waals surface area contributed by atoms with Gasteiger partial charge < -0.3 is 15.6 Å². The molecule has 1 aromatic rings. The average Bonchev–Trinajstić information content (AvgIpc) is 2.12. The largest absolute Gasteiger partial charge is 0.507 e. The minimum absolute atomic E-state index is 0.0113. The van der Waals surface area contributed by atoms with Gasteiger partial charge in [0.1, 0.15) is 11.5 Å². The Morgan fingerprint density at radius 1 is 1.54 bits per heavy atom. The predicted octanol–water partition coefficient (Wildman–Crippen LogP) is 1.78. The van der Waals surface area contributed by atoms with Gasteiger partial charge in [0.05, 0.1) is 10.2 Å². The summed E-state index contributed by atoms with van der Waals surface area (Å²) in [6.07, 6.45) is 0.812. The van der Waals surface area contributed by atoms with Crippen molar-refractivity contribution < 1.29 is 9.84 Å². The SMILES string of the molecule is N[C@H]1CCOc2ccc(O)c(I)c21. The van der Waals surface area contributed by atoms with E-state index in [0.717, 1.165) is 21.3 Å². The number of phenolic OH excluding ortho intramolecular Hbond substituents is 1. The van der Waals surface area contributed by atoms with Gasteiger partial charge in [-0.1, -0.05) is 0 Å². The number of hydrogen-bond acceptors (Lipinski definition) is 3. The molecule has 1 atom stereocenters. The topological polar surface area (TPSA) is 55.5 Å². The lowest BCUT2D eigenvalue weighted by molar-refractivity contribution is 0.267. The van der Waals surface area contributed by atoms with E-state index in [2.05, 4.69) is 22.6 Å². The molecule has 4 heteroatoms. The smallest absolute Gasteiger partial charge is 0.129 e. The normalized spacial score (nSPS) is 20.6. The van der Waals surface area contributed by atoms with E-state index in [1.165, 1.54) is 0 Å². The molecule has 13 heavy (non-hydrogen) atoms. The molecule has 0 amide bonds. The van der Waals surface area contributed by atoms with Crippen molar-refractivity contribution in [2.45, 2.75) is 12.5 Å². The van der Waals surface area contributed by atoms with Gasteiger partial charge in [-0.2, -0.15) is 0 Å². The molecule has 1 aliphatic heterocycles. The summed E-state index contributed by atoms with van der Waals surface area (Å²) < 4.78 is 6.24. The minimum atomic E-state index is -0.0113. The van der Waals surface area contributed by atoms with Crippen LogP contribution < -0.4 is 10.5 Å². The van der Waals surface area contributed by atoms with E-state index in [1.807, 2.05) is 0 Å². The molecule has 0 saturated carbocycles. The first-order valence-corrected chi connectivity index (χ1v) is 5.18. The summed E-state index contributed by atoms with van der Waals surface area (Å²) in [7, 11) is 0. The Morgan fingerprint density at radius 2 is 2.31 bits per heavy atom. The lowest BCUT2D eigenvalue weighted by Crippen LogP contribution is -2.21. The molecule has 3 nitrogen and oxygen atoms in total. The standard InChI is InChI=1S/C9H10INO2/c10-9-6(12)1-2-7-8(9)5(11)3-4-13-7/h1-2,5,12H,3-4,11H2/t5-/m0/s1. The first kappa shape index (κ1) is 9.08. The van der Waals surface area contributed by atoms with Crippen LogP contribution in [0.4, 0.5) is 0 Å². The minimum Gasteiger partial charge on any atom is -0.507 e. The molecule has 1 heterocycles. The van der Waals surface area contributed by atoms with Crippen molar-refractivity contribution in [1.29, 1.82) is 0 Å². The van der Waals surface area contributed by atoms with Gasteiger partial charge in [0.2, 0.25) is 0 Å². The van der Waals surface area contributed by atoms with Crippen molar-refractivity contribution in [2.75, 3.05) is 6.61 Å². The van der Waals surface area contributed by atoms with Gasteiger partial charge in [-0.3, -0.25) is 0 Å². The van der Waals surface area contributed by atoms with Gasteiger partial charge in [0.15, 0.2) is 0 Å². The van der Waals surface area contributed by atoms with Crippen LogP contribution in [-0.4, -0.2) is 11.7 Å². The number of halogens is 1. The van der Waals surface area contributed by atoms with E-state index in [-0.39, 0.29) is 11.8 Å². The second kappa shape index (κ2) is 3.34. The monoisotopic (exact) mass is 291 g/mol. The molecular weight excluding hydrogens is 281 g/mol. The van der Waals surface area contributed by atoms with Gasteiger partial charge in [-0.15, -0.1) is 0 Å². The second-order valence-electron chi connectivity index (χ2n) is 3.05. The van der Waals surface area contributed by atoms with Gasteiger partial charge >= 0.3 is 0 Å². The zero-order chi connectivity index (χ0) is 9.42. The van der Waals surface area contributed by atoms with Crippen molar-refractivity contribution in [3.63, 3.8) is 0 Å². The van der Waals surface area contributed by atoms with Crippen molar-refractivity contribution in [2.24, 2.45) is 5.73 Å². The Kier molecular flexibility index (Phi) is 2.33. The van der Waals surface area contributed by atoms with Crippen LogP contribution in [0, 0.1) is 3.57 Å². The van der Waals surface area contributed by atoms with E-state index >= 15 is 0 Å². The number of hydrogen-bond donors (Lipinski definition) is 2. The number of rotatable bonds is 0. The molecule has 0 fully saturated rings. The molecule has 0 saturated heterocycles. The number of aromatic hydroxyl groups is 1. The lowest BCUT2D eigenvalue weighted by atomic mass is 10.0. The summed E-state index contributed by atoms with van der Waals surface area (Å²) in [5.41, 5.74) is 6.86. The van der Waals surface area contributed by atoms with Gasteiger partial charge in [0.25, 0.3) is 0 Å². The maximum atomic E-state index is 9.47. The molecule has 2 rings (SSSR count). The molecule has 0 aliphatic carbocycles. The third kappa shape index (κ3) is 1.48. The van der Waals surface area contributed by atoms with E-state index in [9.17, 15) is 5.11 Å². The fourth-order valence-electron chi connectivity index (χ4n) is 1.48. The van der Waals surface area contributed by atoms with Crippen molar-refractivity contribution in [3.05, 3.63) is 21.3 Å². The molecule has 0 aromatic heterocycles. The van der Waals surface area contributed by atoms with Crippen LogP contribution in [0.1, 0.15) is 18.0 Å². The summed E-state index contributed by atoms with van der Waals surface area (Å²) in [5, 5.41) is 9.47. The number of nitrogens with two attached hydrogens (primary N) is 1. The molecule has 3 N–H and O–H groups in total. The van der Waals surface area contributed by atoms with E-state index in [1.54, 1.807) is 12.1 Å². The van der Waals surface area contributed by atoms with Crippen LogP contribution in [-0.2, 0) is 0 Å².